The molecular formula is C15H18N2S2. The van der Waals surface area contributed by atoms with E-state index < -0.39 is 0 Å². The second-order valence-electron chi connectivity index (χ2n) is 4.51. The molecule has 100 valence electrons. The van der Waals surface area contributed by atoms with Gasteiger partial charge in [-0.25, -0.2) is 0 Å². The maximum Gasteiger partial charge on any atom is 0.104 e. The topological polar surface area (TPSA) is 38.0 Å². The third-order valence-corrected chi connectivity index (χ3v) is 4.33. The normalized spacial score (nSPS) is 12.1. The average Bonchev–Trinajstić information content (AvgIpc) is 2.89. The minimum absolute atomic E-state index is 0.357. The van der Waals surface area contributed by atoms with Crippen molar-refractivity contribution < 1.29 is 0 Å². The van der Waals surface area contributed by atoms with Gasteiger partial charge in [-0.3, -0.25) is 0 Å². The molecule has 0 saturated heterocycles. The summed E-state index contributed by atoms with van der Waals surface area (Å²) in [6.07, 6.45) is 1.05. The first-order chi connectivity index (χ1) is 9.11. The SMILES string of the molecule is CCC(Nc1ccc(C(N)=S)c(C)c1)c1cccs1. The van der Waals surface area contributed by atoms with E-state index >= 15 is 0 Å². The molecule has 0 fully saturated rings. The first kappa shape index (κ1) is 14.0. The molecule has 0 spiro atoms. The smallest absolute Gasteiger partial charge is 0.104 e. The summed E-state index contributed by atoms with van der Waals surface area (Å²) in [4.78, 5) is 1.81. The number of thiophene rings is 1. The lowest BCUT2D eigenvalue weighted by atomic mass is 10.1. The first-order valence-electron chi connectivity index (χ1n) is 6.32. The summed E-state index contributed by atoms with van der Waals surface area (Å²) in [5.74, 6) is 0. The van der Waals surface area contributed by atoms with E-state index in [2.05, 4.69) is 35.8 Å². The Labute approximate surface area is 123 Å². The van der Waals surface area contributed by atoms with E-state index in [-0.39, 0.29) is 0 Å². The van der Waals surface area contributed by atoms with Gasteiger partial charge in [0.25, 0.3) is 0 Å². The number of anilines is 1. The number of thiocarbonyl (C=S) groups is 1. The Morgan fingerprint density at radius 3 is 2.74 bits per heavy atom. The van der Waals surface area contributed by atoms with Gasteiger partial charge in [-0.2, -0.15) is 0 Å². The predicted molar refractivity (Wildman–Crippen MR) is 88.0 cm³/mol. The fourth-order valence-electron chi connectivity index (χ4n) is 2.10. The van der Waals surface area contributed by atoms with Crippen LogP contribution in [0.1, 0.15) is 35.4 Å². The van der Waals surface area contributed by atoms with Gasteiger partial charge < -0.3 is 11.1 Å². The van der Waals surface area contributed by atoms with Gasteiger partial charge in [0.15, 0.2) is 0 Å². The van der Waals surface area contributed by atoms with Crippen LogP contribution < -0.4 is 11.1 Å². The summed E-state index contributed by atoms with van der Waals surface area (Å²) >= 11 is 6.81. The van der Waals surface area contributed by atoms with Crippen molar-refractivity contribution in [3.63, 3.8) is 0 Å². The van der Waals surface area contributed by atoms with E-state index in [1.54, 1.807) is 11.3 Å². The Balaban J connectivity index is 2.19. The predicted octanol–water partition coefficient (Wildman–Crippen LogP) is 4.25. The second kappa shape index (κ2) is 6.17. The van der Waals surface area contributed by atoms with Crippen LogP contribution in [0.2, 0.25) is 0 Å². The Morgan fingerprint density at radius 1 is 1.42 bits per heavy atom. The van der Waals surface area contributed by atoms with Crippen LogP contribution in [0.3, 0.4) is 0 Å². The minimum atomic E-state index is 0.357. The lowest BCUT2D eigenvalue weighted by Gasteiger charge is -2.18. The molecule has 0 aliphatic carbocycles. The number of benzene rings is 1. The van der Waals surface area contributed by atoms with Crippen molar-refractivity contribution in [1.29, 1.82) is 0 Å². The van der Waals surface area contributed by atoms with Crippen LogP contribution in [0.15, 0.2) is 35.7 Å². The molecule has 1 aromatic carbocycles. The second-order valence-corrected chi connectivity index (χ2v) is 5.93. The van der Waals surface area contributed by atoms with Crippen molar-refractivity contribution >= 4 is 34.2 Å². The molecule has 2 aromatic rings. The van der Waals surface area contributed by atoms with Crippen molar-refractivity contribution in [2.75, 3.05) is 5.32 Å². The molecule has 2 rings (SSSR count). The van der Waals surface area contributed by atoms with E-state index in [1.165, 1.54) is 4.88 Å². The summed E-state index contributed by atoms with van der Waals surface area (Å²) in [7, 11) is 0. The van der Waals surface area contributed by atoms with E-state index in [0.29, 0.717) is 11.0 Å². The van der Waals surface area contributed by atoms with Gasteiger partial charge in [-0.05, 0) is 48.6 Å². The van der Waals surface area contributed by atoms with Crippen LogP contribution in [0.5, 0.6) is 0 Å². The number of nitrogens with two attached hydrogens (primary N) is 1. The van der Waals surface area contributed by atoms with E-state index in [4.69, 9.17) is 18.0 Å². The number of hydrogen-bond acceptors (Lipinski definition) is 3. The maximum atomic E-state index is 5.68. The molecule has 1 aromatic heterocycles. The highest BCUT2D eigenvalue weighted by molar-refractivity contribution is 7.80. The first-order valence-corrected chi connectivity index (χ1v) is 7.61. The number of nitrogens with one attached hydrogen (secondary N) is 1. The standard InChI is InChI=1S/C15H18N2S2/c1-3-13(14-5-4-8-19-14)17-11-6-7-12(15(16)18)10(2)9-11/h4-9,13,17H,3H2,1-2H3,(H2,16,18). The highest BCUT2D eigenvalue weighted by Crippen LogP contribution is 2.27. The molecule has 1 unspecified atom stereocenters. The third kappa shape index (κ3) is 3.33. The molecule has 1 atom stereocenters. The maximum absolute atomic E-state index is 5.68. The van der Waals surface area contributed by atoms with Gasteiger partial charge in [0.1, 0.15) is 4.99 Å². The molecule has 0 aliphatic rings. The van der Waals surface area contributed by atoms with Crippen molar-refractivity contribution in [3.05, 3.63) is 51.7 Å². The summed E-state index contributed by atoms with van der Waals surface area (Å²) in [5, 5.41) is 5.68. The fraction of sp³-hybridized carbons (Fsp3) is 0.267. The van der Waals surface area contributed by atoms with Crippen LogP contribution in [0, 0.1) is 6.92 Å². The van der Waals surface area contributed by atoms with E-state index in [1.807, 2.05) is 19.1 Å². The van der Waals surface area contributed by atoms with Crippen LogP contribution in [-0.4, -0.2) is 4.99 Å². The van der Waals surface area contributed by atoms with Crippen molar-refractivity contribution in [2.45, 2.75) is 26.3 Å². The lowest BCUT2D eigenvalue weighted by Crippen LogP contribution is -2.12. The molecule has 2 nitrogen and oxygen atoms in total. The lowest BCUT2D eigenvalue weighted by molar-refractivity contribution is 0.764. The van der Waals surface area contributed by atoms with E-state index in [9.17, 15) is 0 Å². The zero-order valence-corrected chi connectivity index (χ0v) is 12.8. The highest BCUT2D eigenvalue weighted by Gasteiger charge is 2.10. The summed E-state index contributed by atoms with van der Waals surface area (Å²) in [6.45, 7) is 4.22. The summed E-state index contributed by atoms with van der Waals surface area (Å²) in [6, 6.07) is 10.7. The largest absolute Gasteiger partial charge is 0.389 e. The molecule has 0 amide bonds. The molecule has 0 bridgehead atoms. The number of hydrogen-bond donors (Lipinski definition) is 2. The van der Waals surface area contributed by atoms with Crippen LogP contribution in [0.25, 0.3) is 0 Å². The van der Waals surface area contributed by atoms with Crippen LogP contribution in [-0.2, 0) is 0 Å². The van der Waals surface area contributed by atoms with Gasteiger partial charge in [-0.1, -0.05) is 25.2 Å². The zero-order chi connectivity index (χ0) is 13.8. The summed E-state index contributed by atoms with van der Waals surface area (Å²) < 4.78 is 0. The van der Waals surface area contributed by atoms with Gasteiger partial charge in [0, 0.05) is 16.1 Å². The highest BCUT2D eigenvalue weighted by atomic mass is 32.1. The molecule has 3 N–H and O–H groups in total. The third-order valence-electron chi connectivity index (χ3n) is 3.13. The molecule has 19 heavy (non-hydrogen) atoms. The van der Waals surface area contributed by atoms with Crippen molar-refractivity contribution in [2.24, 2.45) is 5.73 Å². The Morgan fingerprint density at radius 2 is 2.21 bits per heavy atom. The van der Waals surface area contributed by atoms with Gasteiger partial charge in [0.2, 0.25) is 0 Å². The number of rotatable bonds is 5. The van der Waals surface area contributed by atoms with Gasteiger partial charge in [-0.15, -0.1) is 11.3 Å². The molecule has 1 heterocycles. The monoisotopic (exact) mass is 290 g/mol. The van der Waals surface area contributed by atoms with Crippen LogP contribution in [0.4, 0.5) is 5.69 Å². The fourth-order valence-corrected chi connectivity index (χ4v) is 3.19. The Bertz CT molecular complexity index is 562. The Kier molecular flexibility index (Phi) is 4.56. The zero-order valence-electron chi connectivity index (χ0n) is 11.1. The van der Waals surface area contributed by atoms with Gasteiger partial charge >= 0.3 is 0 Å². The molecule has 0 radical (unpaired) electrons. The van der Waals surface area contributed by atoms with E-state index in [0.717, 1.165) is 23.2 Å². The minimum Gasteiger partial charge on any atom is -0.389 e. The van der Waals surface area contributed by atoms with Crippen molar-refractivity contribution in [3.8, 4) is 0 Å². The average molecular weight is 290 g/mol. The van der Waals surface area contributed by atoms with Gasteiger partial charge in [0.05, 0.1) is 6.04 Å². The van der Waals surface area contributed by atoms with Crippen molar-refractivity contribution in [1.82, 2.24) is 0 Å². The van der Waals surface area contributed by atoms with Crippen LogP contribution >= 0.6 is 23.6 Å². The molecular weight excluding hydrogens is 272 g/mol. The molecule has 0 saturated carbocycles. The molecule has 0 aliphatic heterocycles. The molecule has 4 heteroatoms. The quantitative estimate of drug-likeness (QED) is 0.808. The summed E-state index contributed by atoms with van der Waals surface area (Å²) in [5.41, 5.74) is 8.85. The Hall–Kier alpha value is -1.39. The number of aryl methyl sites for hydroxylation is 1.